The van der Waals surface area contributed by atoms with Gasteiger partial charge >= 0.3 is 6.03 Å². The maximum absolute atomic E-state index is 12.4. The lowest BCUT2D eigenvalue weighted by Crippen LogP contribution is -2.41. The minimum absolute atomic E-state index is 0.0436. The summed E-state index contributed by atoms with van der Waals surface area (Å²) in [7, 11) is 1.69. The van der Waals surface area contributed by atoms with E-state index in [-0.39, 0.29) is 12.1 Å². The van der Waals surface area contributed by atoms with Gasteiger partial charge in [-0.05, 0) is 76.9 Å². The highest BCUT2D eigenvalue weighted by molar-refractivity contribution is 5.92. The van der Waals surface area contributed by atoms with E-state index in [1.54, 1.807) is 13.2 Å². The van der Waals surface area contributed by atoms with Crippen molar-refractivity contribution in [1.82, 2.24) is 25.2 Å². The second-order valence-electron chi connectivity index (χ2n) is 9.48. The number of carbonyl (C=O) groups is 1. The molecule has 1 aromatic carbocycles. The van der Waals surface area contributed by atoms with Crippen LogP contribution in [-0.2, 0) is 0 Å². The number of nitrogens with one attached hydrogen (secondary N) is 1. The Kier molecular flexibility index (Phi) is 8.13. The summed E-state index contributed by atoms with van der Waals surface area (Å²) in [6.45, 7) is 10.0. The summed E-state index contributed by atoms with van der Waals surface area (Å²) in [4.78, 5) is 30.2. The number of hydrogen-bond donors (Lipinski definition) is 1. The van der Waals surface area contributed by atoms with Crippen LogP contribution in [0.15, 0.2) is 36.5 Å². The van der Waals surface area contributed by atoms with Crippen molar-refractivity contribution in [1.29, 1.82) is 0 Å². The molecule has 1 N–H and O–H groups in total. The van der Waals surface area contributed by atoms with Gasteiger partial charge in [-0.2, -0.15) is 0 Å². The fourth-order valence-corrected chi connectivity index (χ4v) is 4.35. The van der Waals surface area contributed by atoms with E-state index < -0.39 is 0 Å². The summed E-state index contributed by atoms with van der Waals surface area (Å²) in [6.07, 6.45) is 6.62. The second kappa shape index (κ2) is 11.4. The Morgan fingerprint density at radius 1 is 1.11 bits per heavy atom. The number of aromatic nitrogens is 3. The molecule has 0 spiro atoms. The lowest BCUT2D eigenvalue weighted by atomic mass is 10.0. The SMILES string of the molecule is Cc1nc(OCCCN2CCCCC2)ccc1-c1ccc2ncc(N(C)C(=O)NC(C)C)nc2c1. The van der Waals surface area contributed by atoms with Crippen LogP contribution in [-0.4, -0.2) is 65.2 Å². The number of aryl methyl sites for hydroxylation is 1. The third-order valence-electron chi connectivity index (χ3n) is 6.28. The summed E-state index contributed by atoms with van der Waals surface area (Å²) in [5.74, 6) is 1.15. The molecule has 3 heterocycles. The van der Waals surface area contributed by atoms with Crippen LogP contribution in [0.4, 0.5) is 10.6 Å². The van der Waals surface area contributed by atoms with Crippen molar-refractivity contribution < 1.29 is 9.53 Å². The molecule has 35 heavy (non-hydrogen) atoms. The monoisotopic (exact) mass is 476 g/mol. The Morgan fingerprint density at radius 2 is 1.91 bits per heavy atom. The summed E-state index contributed by atoms with van der Waals surface area (Å²) in [5.41, 5.74) is 4.41. The molecular weight excluding hydrogens is 440 g/mol. The fourth-order valence-electron chi connectivity index (χ4n) is 4.35. The van der Waals surface area contributed by atoms with E-state index in [1.807, 2.05) is 51.1 Å². The highest BCUT2D eigenvalue weighted by Crippen LogP contribution is 2.27. The molecule has 0 aliphatic carbocycles. The number of fused-ring (bicyclic) bond motifs is 1. The van der Waals surface area contributed by atoms with E-state index in [0.717, 1.165) is 40.8 Å². The van der Waals surface area contributed by atoms with E-state index in [9.17, 15) is 4.79 Å². The standard InChI is InChI=1S/C27H36N6O2/c1-19(2)29-27(34)32(4)25-18-28-23-11-9-21(17-24(23)31-25)22-10-12-26(30-20(22)3)35-16-8-15-33-13-6-5-7-14-33/h9-12,17-19H,5-8,13-16H2,1-4H3,(H,29,34). The van der Waals surface area contributed by atoms with Gasteiger partial charge < -0.3 is 15.0 Å². The first-order valence-electron chi connectivity index (χ1n) is 12.5. The van der Waals surface area contributed by atoms with E-state index >= 15 is 0 Å². The number of anilines is 1. The number of likely N-dealkylation sites (tertiary alicyclic amines) is 1. The van der Waals surface area contributed by atoms with Gasteiger partial charge in [-0.25, -0.2) is 14.8 Å². The van der Waals surface area contributed by atoms with Gasteiger partial charge in [0.2, 0.25) is 5.88 Å². The predicted molar refractivity (Wildman–Crippen MR) is 140 cm³/mol. The van der Waals surface area contributed by atoms with Gasteiger partial charge in [0, 0.05) is 37.0 Å². The minimum Gasteiger partial charge on any atom is -0.478 e. The number of piperidine rings is 1. The Hall–Kier alpha value is -3.26. The largest absolute Gasteiger partial charge is 0.478 e. The van der Waals surface area contributed by atoms with Crippen LogP contribution in [0.3, 0.4) is 0 Å². The molecule has 0 saturated carbocycles. The van der Waals surface area contributed by atoms with E-state index in [1.165, 1.54) is 37.3 Å². The van der Waals surface area contributed by atoms with Crippen LogP contribution in [0, 0.1) is 6.92 Å². The van der Waals surface area contributed by atoms with Crippen molar-refractivity contribution in [3.05, 3.63) is 42.2 Å². The maximum Gasteiger partial charge on any atom is 0.323 e. The van der Waals surface area contributed by atoms with E-state index in [0.29, 0.717) is 18.3 Å². The average molecular weight is 477 g/mol. The molecule has 2 aromatic heterocycles. The van der Waals surface area contributed by atoms with Crippen LogP contribution in [0.1, 0.15) is 45.2 Å². The number of pyridine rings is 1. The fraction of sp³-hybridized carbons (Fsp3) is 0.481. The van der Waals surface area contributed by atoms with Crippen LogP contribution in [0.25, 0.3) is 22.2 Å². The highest BCUT2D eigenvalue weighted by atomic mass is 16.5. The van der Waals surface area contributed by atoms with E-state index in [4.69, 9.17) is 4.74 Å². The molecule has 1 aliphatic heterocycles. The number of amides is 2. The van der Waals surface area contributed by atoms with Crippen LogP contribution < -0.4 is 15.0 Å². The van der Waals surface area contributed by atoms with Crippen molar-refractivity contribution in [2.24, 2.45) is 0 Å². The molecule has 2 amide bonds. The van der Waals surface area contributed by atoms with Crippen molar-refractivity contribution in [3.63, 3.8) is 0 Å². The average Bonchev–Trinajstić information content (AvgIpc) is 2.86. The maximum atomic E-state index is 12.4. The summed E-state index contributed by atoms with van der Waals surface area (Å²) in [6, 6.07) is 9.76. The topological polar surface area (TPSA) is 83.5 Å². The normalized spacial score (nSPS) is 14.3. The molecule has 1 saturated heterocycles. The summed E-state index contributed by atoms with van der Waals surface area (Å²) >= 11 is 0. The van der Waals surface area contributed by atoms with Crippen molar-refractivity contribution >= 4 is 22.9 Å². The highest BCUT2D eigenvalue weighted by Gasteiger charge is 2.15. The van der Waals surface area contributed by atoms with Crippen LogP contribution in [0.2, 0.25) is 0 Å². The number of rotatable bonds is 8. The molecule has 8 nitrogen and oxygen atoms in total. The van der Waals surface area contributed by atoms with Gasteiger partial charge in [0.25, 0.3) is 0 Å². The first kappa shape index (κ1) is 24.9. The Labute approximate surface area is 207 Å². The molecule has 0 radical (unpaired) electrons. The molecule has 1 fully saturated rings. The molecule has 186 valence electrons. The van der Waals surface area contributed by atoms with Gasteiger partial charge in [-0.15, -0.1) is 0 Å². The van der Waals surface area contributed by atoms with Gasteiger partial charge in [-0.1, -0.05) is 12.5 Å². The molecule has 4 rings (SSSR count). The Bertz CT molecular complexity index is 1160. The molecular formula is C27H36N6O2. The number of benzene rings is 1. The van der Waals surface area contributed by atoms with Gasteiger partial charge in [0.15, 0.2) is 5.82 Å². The minimum atomic E-state index is -0.212. The molecule has 0 atom stereocenters. The van der Waals surface area contributed by atoms with Gasteiger partial charge in [-0.3, -0.25) is 9.88 Å². The first-order valence-corrected chi connectivity index (χ1v) is 12.5. The van der Waals surface area contributed by atoms with Crippen LogP contribution in [0.5, 0.6) is 5.88 Å². The molecule has 0 bridgehead atoms. The quantitative estimate of drug-likeness (QED) is 0.470. The molecule has 3 aromatic rings. The smallest absolute Gasteiger partial charge is 0.323 e. The zero-order valence-electron chi connectivity index (χ0n) is 21.3. The van der Waals surface area contributed by atoms with Gasteiger partial charge in [0.05, 0.1) is 23.8 Å². The predicted octanol–water partition coefficient (Wildman–Crippen LogP) is 4.81. The van der Waals surface area contributed by atoms with Gasteiger partial charge in [0.1, 0.15) is 0 Å². The van der Waals surface area contributed by atoms with Crippen molar-refractivity contribution in [2.75, 3.05) is 38.2 Å². The van der Waals surface area contributed by atoms with Crippen molar-refractivity contribution in [3.8, 4) is 17.0 Å². The Balaban J connectivity index is 1.43. The van der Waals surface area contributed by atoms with Crippen molar-refractivity contribution in [2.45, 2.75) is 52.5 Å². The van der Waals surface area contributed by atoms with E-state index in [2.05, 4.69) is 25.2 Å². The molecule has 8 heteroatoms. The van der Waals surface area contributed by atoms with Crippen LogP contribution >= 0.6 is 0 Å². The molecule has 1 aliphatic rings. The number of carbonyl (C=O) groups excluding carboxylic acids is 1. The second-order valence-corrected chi connectivity index (χ2v) is 9.48. The third-order valence-corrected chi connectivity index (χ3v) is 6.28. The Morgan fingerprint density at radius 3 is 2.66 bits per heavy atom. The number of nitrogens with zero attached hydrogens (tertiary/aromatic N) is 5. The number of urea groups is 1. The molecule has 0 unspecified atom stereocenters. The zero-order valence-corrected chi connectivity index (χ0v) is 21.3. The lowest BCUT2D eigenvalue weighted by Gasteiger charge is -2.26. The zero-order chi connectivity index (χ0) is 24.8. The summed E-state index contributed by atoms with van der Waals surface area (Å²) in [5, 5.41) is 2.87. The lowest BCUT2D eigenvalue weighted by molar-refractivity contribution is 0.203. The third kappa shape index (κ3) is 6.45. The summed E-state index contributed by atoms with van der Waals surface area (Å²) < 4.78 is 5.93. The number of ether oxygens (including phenoxy) is 1. The first-order chi connectivity index (χ1) is 16.9. The number of hydrogen-bond acceptors (Lipinski definition) is 6.